The molecule has 0 fully saturated rings. The summed E-state index contributed by atoms with van der Waals surface area (Å²) in [7, 11) is 0. The fourth-order valence-electron chi connectivity index (χ4n) is 1.87. The number of hydrogen-bond acceptors (Lipinski definition) is 3. The lowest BCUT2D eigenvalue weighted by atomic mass is 10.1. The monoisotopic (exact) mass is 294 g/mol. The van der Waals surface area contributed by atoms with Gasteiger partial charge in [-0.2, -0.15) is 0 Å². The van der Waals surface area contributed by atoms with Gasteiger partial charge in [0.15, 0.2) is 0 Å². The van der Waals surface area contributed by atoms with E-state index in [0.29, 0.717) is 11.6 Å². The van der Waals surface area contributed by atoms with E-state index in [1.807, 2.05) is 29.6 Å². The van der Waals surface area contributed by atoms with Crippen LogP contribution in [0.5, 0.6) is 0 Å². The van der Waals surface area contributed by atoms with Crippen molar-refractivity contribution < 1.29 is 4.79 Å². The molecule has 100 valence electrons. The number of carbonyl (C=O) groups excluding carboxylic acids is 1. The molecule has 2 aromatic rings. The van der Waals surface area contributed by atoms with Crippen LogP contribution in [-0.4, -0.2) is 12.5 Å². The van der Waals surface area contributed by atoms with Gasteiger partial charge in [-0.25, -0.2) is 0 Å². The molecule has 1 aromatic heterocycles. The smallest absolute Gasteiger partial charge is 0.239 e. The van der Waals surface area contributed by atoms with Gasteiger partial charge in [0, 0.05) is 16.4 Å². The zero-order valence-corrected chi connectivity index (χ0v) is 11.9. The zero-order chi connectivity index (χ0) is 13.7. The molecule has 1 amide bonds. The Morgan fingerprint density at radius 2 is 2.11 bits per heavy atom. The van der Waals surface area contributed by atoms with E-state index in [2.05, 4.69) is 11.4 Å². The number of primary amides is 1. The molecule has 0 aliphatic carbocycles. The van der Waals surface area contributed by atoms with E-state index in [4.69, 9.17) is 17.3 Å². The molecule has 0 saturated heterocycles. The van der Waals surface area contributed by atoms with Gasteiger partial charge in [0.2, 0.25) is 5.91 Å². The molecule has 1 unspecified atom stereocenters. The first kappa shape index (κ1) is 14.1. The molecule has 0 aliphatic rings. The van der Waals surface area contributed by atoms with E-state index >= 15 is 0 Å². The summed E-state index contributed by atoms with van der Waals surface area (Å²) in [5.74, 6) is -0.417. The largest absolute Gasteiger partial charge is 0.368 e. The van der Waals surface area contributed by atoms with Crippen LogP contribution in [0.4, 0.5) is 0 Å². The predicted octanol–water partition coefficient (Wildman–Crippen LogP) is 2.76. The van der Waals surface area contributed by atoms with E-state index in [0.717, 1.165) is 12.0 Å². The molecule has 1 atom stereocenters. The molecular formula is C14H15ClN2OS. The number of benzene rings is 1. The molecule has 0 bridgehead atoms. The van der Waals surface area contributed by atoms with Crippen molar-refractivity contribution in [3.8, 4) is 0 Å². The highest BCUT2D eigenvalue weighted by Crippen LogP contribution is 2.22. The van der Waals surface area contributed by atoms with Crippen molar-refractivity contribution >= 4 is 28.8 Å². The fourth-order valence-corrected chi connectivity index (χ4v) is 2.82. The highest BCUT2D eigenvalue weighted by molar-refractivity contribution is 7.09. The minimum absolute atomic E-state index is 0.417. The number of thiophene rings is 1. The van der Waals surface area contributed by atoms with Crippen molar-refractivity contribution in [2.75, 3.05) is 6.54 Å². The van der Waals surface area contributed by atoms with Crippen LogP contribution in [0.25, 0.3) is 0 Å². The molecule has 0 spiro atoms. The third-order valence-electron chi connectivity index (χ3n) is 2.80. The van der Waals surface area contributed by atoms with Crippen molar-refractivity contribution in [1.82, 2.24) is 5.32 Å². The summed E-state index contributed by atoms with van der Waals surface area (Å²) in [5, 5.41) is 5.75. The van der Waals surface area contributed by atoms with Crippen LogP contribution in [-0.2, 0) is 11.2 Å². The first-order chi connectivity index (χ1) is 9.18. The molecule has 0 radical (unpaired) electrons. The number of rotatable bonds is 6. The molecule has 0 aliphatic heterocycles. The third kappa shape index (κ3) is 3.80. The van der Waals surface area contributed by atoms with Gasteiger partial charge in [-0.3, -0.25) is 4.79 Å². The molecule has 0 saturated carbocycles. The lowest BCUT2D eigenvalue weighted by Crippen LogP contribution is -2.34. The van der Waals surface area contributed by atoms with Crippen molar-refractivity contribution in [2.24, 2.45) is 5.73 Å². The van der Waals surface area contributed by atoms with E-state index < -0.39 is 11.9 Å². The standard InChI is InChI=1S/C14H15ClN2OS/c15-12-6-2-1-5-11(12)13(14(16)18)17-8-7-10-4-3-9-19-10/h1-6,9,13,17H,7-8H2,(H2,16,18). The van der Waals surface area contributed by atoms with Crippen molar-refractivity contribution in [1.29, 1.82) is 0 Å². The number of hydrogen-bond donors (Lipinski definition) is 2. The van der Waals surface area contributed by atoms with E-state index in [-0.39, 0.29) is 0 Å². The number of amides is 1. The first-order valence-electron chi connectivity index (χ1n) is 5.98. The first-order valence-corrected chi connectivity index (χ1v) is 7.24. The number of nitrogens with one attached hydrogen (secondary N) is 1. The summed E-state index contributed by atoms with van der Waals surface area (Å²) in [6.07, 6.45) is 0.867. The summed E-state index contributed by atoms with van der Waals surface area (Å²) >= 11 is 7.80. The van der Waals surface area contributed by atoms with Crippen LogP contribution in [0, 0.1) is 0 Å². The van der Waals surface area contributed by atoms with Gasteiger partial charge in [0.25, 0.3) is 0 Å². The van der Waals surface area contributed by atoms with Crippen molar-refractivity contribution in [3.63, 3.8) is 0 Å². The Morgan fingerprint density at radius 3 is 2.74 bits per heavy atom. The normalized spacial score (nSPS) is 12.3. The highest BCUT2D eigenvalue weighted by atomic mass is 35.5. The number of nitrogens with two attached hydrogens (primary N) is 1. The predicted molar refractivity (Wildman–Crippen MR) is 79.4 cm³/mol. The fraction of sp³-hybridized carbons (Fsp3) is 0.214. The van der Waals surface area contributed by atoms with E-state index in [9.17, 15) is 4.79 Å². The molecule has 3 N–H and O–H groups in total. The van der Waals surface area contributed by atoms with Crippen LogP contribution >= 0.6 is 22.9 Å². The maximum atomic E-state index is 11.5. The second-order valence-electron chi connectivity index (χ2n) is 4.14. The van der Waals surface area contributed by atoms with Crippen molar-refractivity contribution in [2.45, 2.75) is 12.5 Å². The lowest BCUT2D eigenvalue weighted by Gasteiger charge is -2.16. The van der Waals surface area contributed by atoms with E-state index in [1.165, 1.54) is 4.88 Å². The van der Waals surface area contributed by atoms with Gasteiger partial charge in [-0.05, 0) is 29.5 Å². The molecular weight excluding hydrogens is 280 g/mol. The van der Waals surface area contributed by atoms with Crippen LogP contribution in [0.3, 0.4) is 0 Å². The Labute approximate surface area is 121 Å². The quantitative estimate of drug-likeness (QED) is 0.861. The van der Waals surface area contributed by atoms with Gasteiger partial charge in [0.05, 0.1) is 0 Å². The Balaban J connectivity index is 2.01. The molecule has 19 heavy (non-hydrogen) atoms. The van der Waals surface area contributed by atoms with Gasteiger partial charge >= 0.3 is 0 Å². The second kappa shape index (κ2) is 6.70. The summed E-state index contributed by atoms with van der Waals surface area (Å²) in [6, 6.07) is 10.8. The molecule has 1 aromatic carbocycles. The third-order valence-corrected chi connectivity index (χ3v) is 4.08. The average molecular weight is 295 g/mol. The Kier molecular flexibility index (Phi) is 4.96. The summed E-state index contributed by atoms with van der Waals surface area (Å²) in [6.45, 7) is 0.680. The summed E-state index contributed by atoms with van der Waals surface area (Å²) < 4.78 is 0. The van der Waals surface area contributed by atoms with E-state index in [1.54, 1.807) is 17.4 Å². The second-order valence-corrected chi connectivity index (χ2v) is 5.58. The molecule has 3 nitrogen and oxygen atoms in total. The minimum atomic E-state index is -0.548. The van der Waals surface area contributed by atoms with Gasteiger partial charge in [-0.1, -0.05) is 35.9 Å². The van der Waals surface area contributed by atoms with Crippen molar-refractivity contribution in [3.05, 3.63) is 57.2 Å². The number of halogens is 1. The van der Waals surface area contributed by atoms with Gasteiger partial charge in [0.1, 0.15) is 6.04 Å². The summed E-state index contributed by atoms with van der Waals surface area (Å²) in [5.41, 5.74) is 6.16. The topological polar surface area (TPSA) is 55.1 Å². The highest BCUT2D eigenvalue weighted by Gasteiger charge is 2.19. The van der Waals surface area contributed by atoms with Gasteiger partial charge in [-0.15, -0.1) is 11.3 Å². The van der Waals surface area contributed by atoms with Crippen LogP contribution in [0.15, 0.2) is 41.8 Å². The van der Waals surface area contributed by atoms with Crippen LogP contribution in [0.1, 0.15) is 16.5 Å². The Bertz CT molecular complexity index is 542. The molecule has 5 heteroatoms. The summed E-state index contributed by atoms with van der Waals surface area (Å²) in [4.78, 5) is 12.8. The van der Waals surface area contributed by atoms with Gasteiger partial charge < -0.3 is 11.1 Å². The Hall–Kier alpha value is -1.36. The lowest BCUT2D eigenvalue weighted by molar-refractivity contribution is -0.120. The van der Waals surface area contributed by atoms with Crippen LogP contribution < -0.4 is 11.1 Å². The SMILES string of the molecule is NC(=O)C(NCCc1cccs1)c1ccccc1Cl. The maximum Gasteiger partial charge on any atom is 0.239 e. The molecule has 2 rings (SSSR count). The average Bonchev–Trinajstić information content (AvgIpc) is 2.89. The zero-order valence-electron chi connectivity index (χ0n) is 10.3. The minimum Gasteiger partial charge on any atom is -0.368 e. The molecule has 1 heterocycles. The Morgan fingerprint density at radius 1 is 1.32 bits per heavy atom. The maximum absolute atomic E-state index is 11.5. The van der Waals surface area contributed by atoms with Crippen LogP contribution in [0.2, 0.25) is 5.02 Å². The number of carbonyl (C=O) groups is 1.